The lowest BCUT2D eigenvalue weighted by Crippen LogP contribution is -2.26. The van der Waals surface area contributed by atoms with Crippen LogP contribution in [0.1, 0.15) is 16.8 Å². The zero-order valence-electron chi connectivity index (χ0n) is 10.3. The number of anilines is 1. The second-order valence-corrected chi connectivity index (χ2v) is 5.03. The van der Waals surface area contributed by atoms with E-state index in [2.05, 4.69) is 26.3 Å². The average Bonchev–Trinajstić information content (AvgIpc) is 2.87. The number of carbonyl (C=O) groups is 1. The average molecular weight is 323 g/mol. The molecule has 2 rings (SSSR count). The Balaban J connectivity index is 1.81. The number of nitrogens with one attached hydrogen (secondary N) is 1. The first-order valence-electron chi connectivity index (χ1n) is 5.97. The van der Waals surface area contributed by atoms with Crippen LogP contribution in [0.5, 0.6) is 0 Å². The van der Waals surface area contributed by atoms with Gasteiger partial charge in [-0.1, -0.05) is 15.9 Å². The largest absolute Gasteiger partial charge is 0.398 e. The van der Waals surface area contributed by atoms with Gasteiger partial charge in [-0.15, -0.1) is 0 Å². The van der Waals surface area contributed by atoms with Crippen molar-refractivity contribution in [2.24, 2.45) is 0 Å². The predicted molar refractivity (Wildman–Crippen MR) is 77.7 cm³/mol. The number of aromatic nitrogens is 2. The lowest BCUT2D eigenvalue weighted by atomic mass is 10.1. The monoisotopic (exact) mass is 322 g/mol. The van der Waals surface area contributed by atoms with E-state index >= 15 is 0 Å². The number of rotatable bonds is 5. The molecule has 0 aliphatic rings. The fourth-order valence-corrected chi connectivity index (χ4v) is 2.09. The number of halogens is 1. The molecule has 0 atom stereocenters. The minimum Gasteiger partial charge on any atom is -0.398 e. The number of aryl methyl sites for hydroxylation is 1. The molecule has 1 aromatic carbocycles. The van der Waals surface area contributed by atoms with Gasteiger partial charge in [0.05, 0.1) is 5.56 Å². The van der Waals surface area contributed by atoms with Crippen molar-refractivity contribution in [3.05, 3.63) is 46.7 Å². The zero-order chi connectivity index (χ0) is 13.7. The van der Waals surface area contributed by atoms with Gasteiger partial charge in [-0.2, -0.15) is 5.10 Å². The van der Waals surface area contributed by atoms with Crippen molar-refractivity contribution in [3.63, 3.8) is 0 Å². The fourth-order valence-electron chi connectivity index (χ4n) is 1.71. The van der Waals surface area contributed by atoms with Gasteiger partial charge < -0.3 is 11.1 Å². The van der Waals surface area contributed by atoms with Crippen molar-refractivity contribution in [1.82, 2.24) is 15.1 Å². The molecule has 1 aromatic heterocycles. The van der Waals surface area contributed by atoms with Crippen LogP contribution in [-0.2, 0) is 6.54 Å². The first-order chi connectivity index (χ1) is 9.16. The van der Waals surface area contributed by atoms with Crippen molar-refractivity contribution < 1.29 is 4.79 Å². The summed E-state index contributed by atoms with van der Waals surface area (Å²) in [6.07, 6.45) is 4.46. The summed E-state index contributed by atoms with van der Waals surface area (Å²) < 4.78 is 2.69. The van der Waals surface area contributed by atoms with E-state index in [4.69, 9.17) is 5.73 Å². The Kier molecular flexibility index (Phi) is 4.57. The molecule has 0 saturated heterocycles. The number of hydrogen-bond acceptors (Lipinski definition) is 3. The van der Waals surface area contributed by atoms with Crippen molar-refractivity contribution in [2.75, 3.05) is 12.3 Å². The van der Waals surface area contributed by atoms with Crippen LogP contribution in [0.4, 0.5) is 5.69 Å². The van der Waals surface area contributed by atoms with Crippen molar-refractivity contribution in [1.29, 1.82) is 0 Å². The molecular weight excluding hydrogens is 308 g/mol. The maximum absolute atomic E-state index is 11.9. The van der Waals surface area contributed by atoms with Crippen LogP contribution < -0.4 is 11.1 Å². The van der Waals surface area contributed by atoms with E-state index in [1.54, 1.807) is 24.4 Å². The summed E-state index contributed by atoms with van der Waals surface area (Å²) in [6.45, 7) is 1.37. The molecule has 0 aliphatic carbocycles. The third-order valence-electron chi connectivity index (χ3n) is 2.67. The molecule has 0 spiro atoms. The highest BCUT2D eigenvalue weighted by Gasteiger charge is 2.08. The Hall–Kier alpha value is -1.82. The standard InChI is InChI=1S/C13H15BrN4O/c14-10-3-4-11(12(15)9-10)13(19)16-5-1-7-18-8-2-6-17-18/h2-4,6,8-9H,1,5,7,15H2,(H,16,19). The molecule has 5 nitrogen and oxygen atoms in total. The maximum Gasteiger partial charge on any atom is 0.253 e. The highest BCUT2D eigenvalue weighted by Crippen LogP contribution is 2.18. The lowest BCUT2D eigenvalue weighted by Gasteiger charge is -2.08. The van der Waals surface area contributed by atoms with Crippen LogP contribution in [-0.4, -0.2) is 22.2 Å². The van der Waals surface area contributed by atoms with Crippen LogP contribution in [0.2, 0.25) is 0 Å². The van der Waals surface area contributed by atoms with Crippen molar-refractivity contribution >= 4 is 27.5 Å². The topological polar surface area (TPSA) is 72.9 Å². The molecule has 0 fully saturated rings. The van der Waals surface area contributed by atoms with E-state index in [9.17, 15) is 4.79 Å². The van der Waals surface area contributed by atoms with Gasteiger partial charge in [0.1, 0.15) is 0 Å². The predicted octanol–water partition coefficient (Wildman–Crippen LogP) is 2.05. The highest BCUT2D eigenvalue weighted by atomic mass is 79.9. The van der Waals surface area contributed by atoms with E-state index in [-0.39, 0.29) is 5.91 Å². The molecule has 3 N–H and O–H groups in total. The second-order valence-electron chi connectivity index (χ2n) is 4.11. The van der Waals surface area contributed by atoms with Gasteiger partial charge in [0.15, 0.2) is 0 Å². The van der Waals surface area contributed by atoms with Gasteiger partial charge in [-0.25, -0.2) is 0 Å². The minimum atomic E-state index is -0.148. The van der Waals surface area contributed by atoms with E-state index < -0.39 is 0 Å². The van der Waals surface area contributed by atoms with Gasteiger partial charge in [-0.3, -0.25) is 9.48 Å². The summed E-state index contributed by atoms with van der Waals surface area (Å²) in [5.74, 6) is -0.148. The Labute approximate surface area is 119 Å². The summed E-state index contributed by atoms with van der Waals surface area (Å²) in [7, 11) is 0. The molecule has 0 radical (unpaired) electrons. The quantitative estimate of drug-likeness (QED) is 0.653. The summed E-state index contributed by atoms with van der Waals surface area (Å²) in [5.41, 5.74) is 6.77. The number of benzene rings is 1. The Morgan fingerprint density at radius 3 is 3.00 bits per heavy atom. The first kappa shape index (κ1) is 13.6. The third-order valence-corrected chi connectivity index (χ3v) is 3.16. The normalized spacial score (nSPS) is 10.4. The van der Waals surface area contributed by atoms with Gasteiger partial charge in [0.25, 0.3) is 5.91 Å². The number of nitrogens with zero attached hydrogens (tertiary/aromatic N) is 2. The summed E-state index contributed by atoms with van der Waals surface area (Å²) in [6, 6.07) is 7.11. The van der Waals surface area contributed by atoms with Crippen LogP contribution in [0, 0.1) is 0 Å². The third kappa shape index (κ3) is 3.82. The van der Waals surface area contributed by atoms with Gasteiger partial charge in [0, 0.05) is 35.6 Å². The number of amides is 1. The fraction of sp³-hybridized carbons (Fsp3) is 0.231. The van der Waals surface area contributed by atoms with E-state index in [0.717, 1.165) is 17.4 Å². The minimum absolute atomic E-state index is 0.148. The van der Waals surface area contributed by atoms with Crippen LogP contribution in [0.15, 0.2) is 41.1 Å². The zero-order valence-corrected chi connectivity index (χ0v) is 11.9. The van der Waals surface area contributed by atoms with E-state index in [0.29, 0.717) is 17.8 Å². The Morgan fingerprint density at radius 2 is 2.32 bits per heavy atom. The van der Waals surface area contributed by atoms with Crippen LogP contribution in [0.25, 0.3) is 0 Å². The van der Waals surface area contributed by atoms with Crippen LogP contribution in [0.3, 0.4) is 0 Å². The molecule has 0 aliphatic heterocycles. The van der Waals surface area contributed by atoms with Gasteiger partial charge >= 0.3 is 0 Å². The molecule has 2 aromatic rings. The molecule has 0 unspecified atom stereocenters. The summed E-state index contributed by atoms with van der Waals surface area (Å²) in [4.78, 5) is 11.9. The number of nitrogens with two attached hydrogens (primary N) is 1. The molecule has 19 heavy (non-hydrogen) atoms. The molecule has 1 amide bonds. The van der Waals surface area contributed by atoms with Gasteiger partial charge in [0.2, 0.25) is 0 Å². The lowest BCUT2D eigenvalue weighted by molar-refractivity contribution is 0.0953. The highest BCUT2D eigenvalue weighted by molar-refractivity contribution is 9.10. The van der Waals surface area contributed by atoms with Crippen LogP contribution >= 0.6 is 15.9 Å². The number of hydrogen-bond donors (Lipinski definition) is 2. The Bertz CT molecular complexity index is 554. The summed E-state index contributed by atoms with van der Waals surface area (Å²) in [5, 5.41) is 6.94. The van der Waals surface area contributed by atoms with Crippen molar-refractivity contribution in [3.8, 4) is 0 Å². The smallest absolute Gasteiger partial charge is 0.253 e. The molecule has 0 bridgehead atoms. The van der Waals surface area contributed by atoms with Gasteiger partial charge in [-0.05, 0) is 30.7 Å². The first-order valence-corrected chi connectivity index (χ1v) is 6.77. The van der Waals surface area contributed by atoms with E-state index in [1.807, 2.05) is 16.9 Å². The maximum atomic E-state index is 11.9. The number of nitrogen functional groups attached to an aromatic ring is 1. The molecule has 6 heteroatoms. The molecule has 100 valence electrons. The number of carbonyl (C=O) groups excluding carboxylic acids is 1. The Morgan fingerprint density at radius 1 is 1.47 bits per heavy atom. The second kappa shape index (κ2) is 6.38. The molecule has 1 heterocycles. The van der Waals surface area contributed by atoms with E-state index in [1.165, 1.54) is 0 Å². The summed E-state index contributed by atoms with van der Waals surface area (Å²) >= 11 is 3.31. The molecule has 0 saturated carbocycles. The SMILES string of the molecule is Nc1cc(Br)ccc1C(=O)NCCCn1cccn1. The molecular formula is C13H15BrN4O. The van der Waals surface area contributed by atoms with Crippen molar-refractivity contribution in [2.45, 2.75) is 13.0 Å².